The fourth-order valence-corrected chi connectivity index (χ4v) is 2.90. The minimum Gasteiger partial charge on any atom is -0.450 e. The number of ether oxygens (including phenoxy) is 1. The molecule has 1 fully saturated rings. The average molecular weight is 384 g/mol. The third-order valence-electron chi connectivity index (χ3n) is 4.42. The molecule has 0 aromatic carbocycles. The number of rotatable bonds is 6. The number of nitrogens with zero attached hydrogens (tertiary/aromatic N) is 4. The van der Waals surface area contributed by atoms with E-state index < -0.39 is 0 Å². The van der Waals surface area contributed by atoms with Gasteiger partial charge in [0, 0.05) is 37.7 Å². The molecule has 2 amide bonds. The van der Waals surface area contributed by atoms with E-state index in [0.29, 0.717) is 37.8 Å². The highest BCUT2D eigenvalue weighted by molar-refractivity contribution is 5.93. The molecule has 28 heavy (non-hydrogen) atoms. The number of anilines is 1. The van der Waals surface area contributed by atoms with E-state index in [2.05, 4.69) is 25.6 Å². The molecule has 2 aromatic heterocycles. The van der Waals surface area contributed by atoms with Crippen LogP contribution in [0.1, 0.15) is 35.8 Å². The molecule has 0 radical (unpaired) electrons. The van der Waals surface area contributed by atoms with Crippen LogP contribution in [0.2, 0.25) is 0 Å². The van der Waals surface area contributed by atoms with Crippen LogP contribution in [0.25, 0.3) is 0 Å². The van der Waals surface area contributed by atoms with Gasteiger partial charge in [-0.2, -0.15) is 0 Å². The van der Waals surface area contributed by atoms with Crippen molar-refractivity contribution < 1.29 is 14.3 Å². The highest BCUT2D eigenvalue weighted by Gasteiger charge is 2.23. The number of carbonyl (C=O) groups is 2. The standard InChI is InChI=1S/C19H24N6O3/c1-2-28-19(27)25-9-6-15(7-10-25)24-18-22-11-14(12-23-18)17(26)21-13-16-5-3-4-8-20-16/h3-5,8,11-12,15H,2,6-7,9-10,13H2,1H3,(H,21,26)(H,22,23,24). The third-order valence-corrected chi connectivity index (χ3v) is 4.42. The molecule has 1 aliphatic rings. The van der Waals surface area contributed by atoms with Crippen molar-refractivity contribution in [3.05, 3.63) is 48.0 Å². The zero-order valence-corrected chi connectivity index (χ0v) is 15.8. The average Bonchev–Trinajstić information content (AvgIpc) is 2.74. The third kappa shape index (κ3) is 5.38. The molecule has 3 rings (SSSR count). The quantitative estimate of drug-likeness (QED) is 0.782. The van der Waals surface area contributed by atoms with E-state index in [1.165, 1.54) is 12.4 Å². The van der Waals surface area contributed by atoms with E-state index >= 15 is 0 Å². The molecule has 9 nitrogen and oxygen atoms in total. The molecule has 0 spiro atoms. The second kappa shape index (κ2) is 9.63. The summed E-state index contributed by atoms with van der Waals surface area (Å²) in [6.45, 7) is 3.78. The second-order valence-corrected chi connectivity index (χ2v) is 6.40. The minimum absolute atomic E-state index is 0.175. The van der Waals surface area contributed by atoms with Crippen LogP contribution in [0.3, 0.4) is 0 Å². The van der Waals surface area contributed by atoms with E-state index in [-0.39, 0.29) is 18.0 Å². The molecular formula is C19H24N6O3. The Hall–Kier alpha value is -3.23. The summed E-state index contributed by atoms with van der Waals surface area (Å²) < 4.78 is 5.02. The number of hydrogen-bond acceptors (Lipinski definition) is 7. The van der Waals surface area contributed by atoms with Crippen LogP contribution < -0.4 is 10.6 Å². The summed E-state index contributed by atoms with van der Waals surface area (Å²) in [6, 6.07) is 5.72. The fraction of sp³-hybridized carbons (Fsp3) is 0.421. The maximum atomic E-state index is 12.2. The van der Waals surface area contributed by atoms with E-state index in [0.717, 1.165) is 18.5 Å². The van der Waals surface area contributed by atoms with Crippen molar-refractivity contribution in [1.29, 1.82) is 0 Å². The minimum atomic E-state index is -0.265. The van der Waals surface area contributed by atoms with Gasteiger partial charge in [0.1, 0.15) is 0 Å². The van der Waals surface area contributed by atoms with E-state index in [1.54, 1.807) is 18.0 Å². The van der Waals surface area contributed by atoms with Crippen LogP contribution in [-0.2, 0) is 11.3 Å². The Kier molecular flexibility index (Phi) is 6.72. The van der Waals surface area contributed by atoms with Gasteiger partial charge in [-0.3, -0.25) is 9.78 Å². The van der Waals surface area contributed by atoms with Gasteiger partial charge in [0.25, 0.3) is 5.91 Å². The largest absolute Gasteiger partial charge is 0.450 e. The van der Waals surface area contributed by atoms with Crippen LogP contribution in [0.4, 0.5) is 10.7 Å². The molecule has 0 aliphatic carbocycles. The van der Waals surface area contributed by atoms with Crippen molar-refractivity contribution in [1.82, 2.24) is 25.2 Å². The normalized spacial score (nSPS) is 14.4. The molecule has 0 bridgehead atoms. The number of pyridine rings is 1. The maximum absolute atomic E-state index is 12.2. The zero-order chi connectivity index (χ0) is 19.8. The predicted octanol–water partition coefficient (Wildman–Crippen LogP) is 1.83. The van der Waals surface area contributed by atoms with Crippen molar-refractivity contribution in [2.24, 2.45) is 0 Å². The SMILES string of the molecule is CCOC(=O)N1CCC(Nc2ncc(C(=O)NCc3ccccn3)cn2)CC1. The summed E-state index contributed by atoms with van der Waals surface area (Å²) in [7, 11) is 0. The van der Waals surface area contributed by atoms with Gasteiger partial charge in [-0.05, 0) is 31.9 Å². The van der Waals surface area contributed by atoms with Crippen molar-refractivity contribution >= 4 is 17.9 Å². The van der Waals surface area contributed by atoms with Crippen molar-refractivity contribution in [3.8, 4) is 0 Å². The number of carbonyl (C=O) groups excluding carboxylic acids is 2. The first-order chi connectivity index (χ1) is 13.7. The van der Waals surface area contributed by atoms with E-state index in [1.807, 2.05) is 18.2 Å². The van der Waals surface area contributed by atoms with Gasteiger partial charge in [-0.25, -0.2) is 14.8 Å². The lowest BCUT2D eigenvalue weighted by Gasteiger charge is -2.31. The summed E-state index contributed by atoms with van der Waals surface area (Å²) in [5.74, 6) is 0.218. The van der Waals surface area contributed by atoms with Crippen LogP contribution >= 0.6 is 0 Å². The Bertz CT molecular complexity index is 776. The van der Waals surface area contributed by atoms with Crippen molar-refractivity contribution in [2.45, 2.75) is 32.4 Å². The van der Waals surface area contributed by atoms with Crippen LogP contribution in [0, 0.1) is 0 Å². The van der Waals surface area contributed by atoms with E-state index in [9.17, 15) is 9.59 Å². The van der Waals surface area contributed by atoms with Crippen molar-refractivity contribution in [3.63, 3.8) is 0 Å². The lowest BCUT2D eigenvalue weighted by Crippen LogP contribution is -2.42. The summed E-state index contributed by atoms with van der Waals surface area (Å²) in [5.41, 5.74) is 1.17. The van der Waals surface area contributed by atoms with Crippen LogP contribution in [-0.4, -0.2) is 57.6 Å². The first-order valence-corrected chi connectivity index (χ1v) is 9.34. The van der Waals surface area contributed by atoms with Crippen LogP contribution in [0.5, 0.6) is 0 Å². The molecule has 2 N–H and O–H groups in total. The van der Waals surface area contributed by atoms with Crippen molar-refractivity contribution in [2.75, 3.05) is 25.0 Å². The predicted molar refractivity (Wildman–Crippen MR) is 103 cm³/mol. The molecule has 2 aromatic rings. The lowest BCUT2D eigenvalue weighted by atomic mass is 10.1. The Labute approximate surface area is 163 Å². The van der Waals surface area contributed by atoms with Gasteiger partial charge >= 0.3 is 6.09 Å². The summed E-state index contributed by atoms with van der Waals surface area (Å²) in [4.78, 5) is 38.2. The summed E-state index contributed by atoms with van der Waals surface area (Å²) in [6.07, 6.45) is 5.98. The molecule has 3 heterocycles. The molecule has 1 aliphatic heterocycles. The first kappa shape index (κ1) is 19.5. The number of aromatic nitrogens is 3. The molecule has 0 saturated carbocycles. The van der Waals surface area contributed by atoms with Gasteiger partial charge in [-0.1, -0.05) is 6.07 Å². The highest BCUT2D eigenvalue weighted by Crippen LogP contribution is 2.15. The molecule has 148 valence electrons. The molecule has 0 unspecified atom stereocenters. The smallest absolute Gasteiger partial charge is 0.409 e. The summed E-state index contributed by atoms with van der Waals surface area (Å²) >= 11 is 0. The number of nitrogens with one attached hydrogen (secondary N) is 2. The van der Waals surface area contributed by atoms with Crippen LogP contribution in [0.15, 0.2) is 36.8 Å². The first-order valence-electron chi connectivity index (χ1n) is 9.34. The summed E-state index contributed by atoms with van der Waals surface area (Å²) in [5, 5.41) is 6.04. The lowest BCUT2D eigenvalue weighted by molar-refractivity contribution is 0.0948. The maximum Gasteiger partial charge on any atom is 0.409 e. The van der Waals surface area contributed by atoms with Gasteiger partial charge in [0.2, 0.25) is 5.95 Å². The number of amides is 2. The Morgan fingerprint density at radius 3 is 2.57 bits per heavy atom. The highest BCUT2D eigenvalue weighted by atomic mass is 16.6. The molecule has 1 saturated heterocycles. The monoisotopic (exact) mass is 384 g/mol. The Morgan fingerprint density at radius 2 is 1.93 bits per heavy atom. The van der Waals surface area contributed by atoms with Gasteiger partial charge in [0.15, 0.2) is 0 Å². The molecular weight excluding hydrogens is 360 g/mol. The molecule has 9 heteroatoms. The Morgan fingerprint density at radius 1 is 1.18 bits per heavy atom. The van der Waals surface area contributed by atoms with Gasteiger partial charge in [-0.15, -0.1) is 0 Å². The Balaban J connectivity index is 1.45. The second-order valence-electron chi connectivity index (χ2n) is 6.40. The number of piperidine rings is 1. The fourth-order valence-electron chi connectivity index (χ4n) is 2.90. The topological polar surface area (TPSA) is 109 Å². The molecule has 0 atom stereocenters. The van der Waals surface area contributed by atoms with Gasteiger partial charge < -0.3 is 20.3 Å². The zero-order valence-electron chi connectivity index (χ0n) is 15.8. The van der Waals surface area contributed by atoms with Gasteiger partial charge in [0.05, 0.1) is 24.4 Å². The van der Waals surface area contributed by atoms with E-state index in [4.69, 9.17) is 4.74 Å². The number of likely N-dealkylation sites (tertiary alicyclic amines) is 1. The number of hydrogen-bond donors (Lipinski definition) is 2.